The Balaban J connectivity index is 1.32. The van der Waals surface area contributed by atoms with Crippen LogP contribution < -0.4 is 5.32 Å². The minimum absolute atomic E-state index is 0.170. The molecule has 3 aromatic heterocycles. The van der Waals surface area contributed by atoms with E-state index in [1.807, 2.05) is 48.5 Å². The highest BCUT2D eigenvalue weighted by Crippen LogP contribution is 2.36. The first-order valence-electron chi connectivity index (χ1n) is 13.2. The van der Waals surface area contributed by atoms with Gasteiger partial charge in [0, 0.05) is 24.0 Å². The van der Waals surface area contributed by atoms with Crippen LogP contribution in [0.1, 0.15) is 65.7 Å². The van der Waals surface area contributed by atoms with Gasteiger partial charge < -0.3 is 19.4 Å². The number of benzene rings is 2. The fraction of sp³-hybridized carbons (Fsp3) is 0.258. The van der Waals surface area contributed by atoms with Gasteiger partial charge in [-0.3, -0.25) is 9.78 Å². The summed E-state index contributed by atoms with van der Waals surface area (Å²) in [7, 11) is 0. The molecule has 1 saturated carbocycles. The number of fused-ring (bicyclic) bond motifs is 1. The smallest absolute Gasteiger partial charge is 0.251 e. The first-order valence-corrected chi connectivity index (χ1v) is 13.2. The lowest BCUT2D eigenvalue weighted by Crippen LogP contribution is -2.30. The molecular weight excluding hydrogens is 476 g/mol. The molecule has 38 heavy (non-hydrogen) atoms. The molecule has 2 N–H and O–H groups in total. The number of pyridine rings is 1. The number of rotatable bonds is 7. The van der Waals surface area contributed by atoms with Crippen molar-refractivity contribution in [2.75, 3.05) is 0 Å². The third kappa shape index (κ3) is 4.92. The number of aromatic nitrogens is 3. The number of furan rings is 1. The van der Waals surface area contributed by atoms with E-state index < -0.39 is 0 Å². The number of carbonyl (C=O) groups is 1. The molecule has 0 saturated heterocycles. The predicted octanol–water partition coefficient (Wildman–Crippen LogP) is 6.62. The van der Waals surface area contributed by atoms with Gasteiger partial charge >= 0.3 is 0 Å². The van der Waals surface area contributed by atoms with Gasteiger partial charge in [0.2, 0.25) is 0 Å². The van der Waals surface area contributed by atoms with Gasteiger partial charge in [-0.2, -0.15) is 0 Å². The quantitative estimate of drug-likeness (QED) is 0.259. The summed E-state index contributed by atoms with van der Waals surface area (Å²) in [6, 6.07) is 18.7. The number of carbonyl (C=O) groups excluding carboxylic acids is 1. The van der Waals surface area contributed by atoms with E-state index in [0.717, 1.165) is 46.4 Å². The van der Waals surface area contributed by atoms with Crippen molar-refractivity contribution in [2.24, 2.45) is 0 Å². The molecule has 1 atom stereocenters. The van der Waals surface area contributed by atoms with Gasteiger partial charge in [-0.1, -0.05) is 37.5 Å². The number of aromatic hydroxyl groups is 1. The molecule has 2 aromatic carbocycles. The number of imidazole rings is 1. The first-order chi connectivity index (χ1) is 18.7. The second-order valence-corrected chi connectivity index (χ2v) is 10.00. The zero-order valence-corrected chi connectivity index (χ0v) is 21.1. The van der Waals surface area contributed by atoms with Gasteiger partial charge in [0.15, 0.2) is 0 Å². The molecule has 192 valence electrons. The third-order valence-corrected chi connectivity index (χ3v) is 7.44. The van der Waals surface area contributed by atoms with Gasteiger partial charge in [-0.05, 0) is 72.9 Å². The zero-order valence-electron chi connectivity index (χ0n) is 21.1. The van der Waals surface area contributed by atoms with Crippen LogP contribution in [0, 0.1) is 0 Å². The number of hydrogen-bond donors (Lipinski definition) is 2. The van der Waals surface area contributed by atoms with Crippen molar-refractivity contribution in [1.29, 1.82) is 0 Å². The number of nitrogens with zero attached hydrogens (tertiary/aromatic N) is 3. The summed E-state index contributed by atoms with van der Waals surface area (Å²) in [5.41, 5.74) is 5.27. The average Bonchev–Trinajstić information content (AvgIpc) is 3.62. The van der Waals surface area contributed by atoms with Crippen LogP contribution in [0.15, 0.2) is 90.0 Å². The highest BCUT2D eigenvalue weighted by Gasteiger charge is 2.24. The minimum atomic E-state index is -0.280. The Labute approximate surface area is 221 Å². The topological polar surface area (TPSA) is 93.2 Å². The average molecular weight is 507 g/mol. The Kier molecular flexibility index (Phi) is 6.65. The summed E-state index contributed by atoms with van der Waals surface area (Å²) >= 11 is 0. The van der Waals surface area contributed by atoms with Crippen LogP contribution >= 0.6 is 0 Å². The third-order valence-electron chi connectivity index (χ3n) is 7.44. The van der Waals surface area contributed by atoms with Crippen molar-refractivity contribution < 1.29 is 14.3 Å². The fourth-order valence-electron chi connectivity index (χ4n) is 5.49. The van der Waals surface area contributed by atoms with Crippen LogP contribution in [-0.4, -0.2) is 25.5 Å². The summed E-state index contributed by atoms with van der Waals surface area (Å²) in [5.74, 6) is 0.932. The van der Waals surface area contributed by atoms with E-state index in [9.17, 15) is 9.90 Å². The SMILES string of the molecule is O=C(NC(Cc1ccc(O)cc1)c1cccnc1)c1ccc2c(c1)nc(-c1ccoc1)n2C1CCCCC1. The predicted molar refractivity (Wildman–Crippen MR) is 146 cm³/mol. The Morgan fingerprint density at radius 2 is 1.92 bits per heavy atom. The summed E-state index contributed by atoms with van der Waals surface area (Å²) in [6.45, 7) is 0. The molecule has 7 nitrogen and oxygen atoms in total. The summed E-state index contributed by atoms with van der Waals surface area (Å²) in [4.78, 5) is 22.7. The van der Waals surface area contributed by atoms with Crippen LogP contribution in [0.4, 0.5) is 0 Å². The van der Waals surface area contributed by atoms with E-state index in [1.165, 1.54) is 19.3 Å². The number of phenolic OH excluding ortho intramolecular Hbond substituents is 1. The van der Waals surface area contributed by atoms with Crippen molar-refractivity contribution in [3.63, 3.8) is 0 Å². The summed E-state index contributed by atoms with van der Waals surface area (Å²) in [6.07, 6.45) is 13.4. The van der Waals surface area contributed by atoms with Crippen LogP contribution in [0.5, 0.6) is 5.75 Å². The van der Waals surface area contributed by atoms with Crippen molar-refractivity contribution in [1.82, 2.24) is 19.9 Å². The lowest BCUT2D eigenvalue weighted by molar-refractivity contribution is 0.0936. The monoisotopic (exact) mass is 506 g/mol. The normalized spacial score (nSPS) is 14.9. The number of amides is 1. The molecule has 0 spiro atoms. The Hall–Kier alpha value is -4.39. The lowest BCUT2D eigenvalue weighted by Gasteiger charge is -2.25. The largest absolute Gasteiger partial charge is 0.508 e. The van der Waals surface area contributed by atoms with Crippen molar-refractivity contribution in [3.05, 3.63) is 102 Å². The molecule has 1 fully saturated rings. The van der Waals surface area contributed by atoms with E-state index in [4.69, 9.17) is 9.40 Å². The maximum atomic E-state index is 13.5. The molecule has 3 heterocycles. The van der Waals surface area contributed by atoms with E-state index in [0.29, 0.717) is 18.0 Å². The Morgan fingerprint density at radius 1 is 1.08 bits per heavy atom. The second-order valence-electron chi connectivity index (χ2n) is 10.00. The maximum Gasteiger partial charge on any atom is 0.251 e. The van der Waals surface area contributed by atoms with Crippen LogP contribution in [0.25, 0.3) is 22.4 Å². The van der Waals surface area contributed by atoms with Gasteiger partial charge in [-0.25, -0.2) is 4.98 Å². The highest BCUT2D eigenvalue weighted by atomic mass is 16.3. The molecular formula is C31H30N4O3. The van der Waals surface area contributed by atoms with Crippen LogP contribution in [0.2, 0.25) is 0 Å². The molecule has 0 bridgehead atoms. The second kappa shape index (κ2) is 10.5. The molecule has 5 aromatic rings. The molecule has 1 unspecified atom stereocenters. The number of nitrogens with one attached hydrogen (secondary N) is 1. The molecule has 1 aliphatic rings. The van der Waals surface area contributed by atoms with E-state index in [2.05, 4.69) is 14.9 Å². The van der Waals surface area contributed by atoms with Gasteiger partial charge in [0.25, 0.3) is 5.91 Å². The molecule has 1 aliphatic carbocycles. The molecule has 1 amide bonds. The fourth-order valence-corrected chi connectivity index (χ4v) is 5.49. The van der Waals surface area contributed by atoms with Gasteiger partial charge in [0.05, 0.1) is 28.9 Å². The zero-order chi connectivity index (χ0) is 25.9. The Morgan fingerprint density at radius 3 is 2.66 bits per heavy atom. The van der Waals surface area contributed by atoms with Crippen molar-refractivity contribution >= 4 is 16.9 Å². The highest BCUT2D eigenvalue weighted by molar-refractivity contribution is 5.98. The Bertz CT molecular complexity index is 1520. The lowest BCUT2D eigenvalue weighted by atomic mass is 9.95. The van der Waals surface area contributed by atoms with Crippen LogP contribution in [-0.2, 0) is 6.42 Å². The molecule has 0 radical (unpaired) electrons. The maximum absolute atomic E-state index is 13.5. The van der Waals surface area contributed by atoms with Gasteiger partial charge in [0.1, 0.15) is 17.8 Å². The van der Waals surface area contributed by atoms with Crippen LogP contribution in [0.3, 0.4) is 0 Å². The van der Waals surface area contributed by atoms with Crippen molar-refractivity contribution in [3.8, 4) is 17.1 Å². The van der Waals surface area contributed by atoms with Gasteiger partial charge in [-0.15, -0.1) is 0 Å². The minimum Gasteiger partial charge on any atom is -0.508 e. The number of phenols is 1. The van der Waals surface area contributed by atoms with E-state index >= 15 is 0 Å². The van der Waals surface area contributed by atoms with E-state index in [1.54, 1.807) is 37.1 Å². The summed E-state index contributed by atoms with van der Waals surface area (Å²) < 4.78 is 7.71. The molecule has 6 rings (SSSR count). The standard InChI is InChI=1S/C31H30N4O3/c36-26-11-8-21(9-12-26)17-27(23-5-4-15-32-19-23)34-31(37)22-10-13-29-28(18-22)33-30(24-14-16-38-20-24)35(29)25-6-2-1-3-7-25/h4-5,8-16,18-20,25,27,36H,1-3,6-7,17H2,(H,34,37). The van der Waals surface area contributed by atoms with E-state index in [-0.39, 0.29) is 17.7 Å². The summed E-state index contributed by atoms with van der Waals surface area (Å²) in [5, 5.41) is 12.9. The molecule has 7 heteroatoms. The van der Waals surface area contributed by atoms with Crippen molar-refractivity contribution in [2.45, 2.75) is 50.6 Å². The first kappa shape index (κ1) is 24.0. The number of hydrogen-bond acceptors (Lipinski definition) is 5. The molecule has 0 aliphatic heterocycles.